The molecule has 0 spiro atoms. The van der Waals surface area contributed by atoms with Crippen molar-refractivity contribution in [3.63, 3.8) is 0 Å². The Hall–Kier alpha value is -2.71. The molecule has 0 radical (unpaired) electrons. The number of nitrogens with one attached hydrogen (secondary N) is 1. The number of benzene rings is 1. The lowest BCUT2D eigenvalue weighted by Gasteiger charge is -2.39. The van der Waals surface area contributed by atoms with E-state index >= 15 is 0 Å². The Balaban J connectivity index is 1.55. The van der Waals surface area contributed by atoms with Crippen LogP contribution >= 0.6 is 11.3 Å². The van der Waals surface area contributed by atoms with Gasteiger partial charge in [0.05, 0.1) is 17.4 Å². The highest BCUT2D eigenvalue weighted by atomic mass is 32.1. The number of anilines is 1. The Kier molecular flexibility index (Phi) is 6.62. The van der Waals surface area contributed by atoms with E-state index in [1.54, 1.807) is 12.4 Å². The van der Waals surface area contributed by atoms with Crippen LogP contribution in [-0.2, 0) is 0 Å². The van der Waals surface area contributed by atoms with Crippen LogP contribution in [0.2, 0.25) is 0 Å². The molecular weight excluding hydrogens is 430 g/mol. The summed E-state index contributed by atoms with van der Waals surface area (Å²) < 4.78 is 28.2. The Morgan fingerprint density at radius 1 is 1.25 bits per heavy atom. The Bertz CT molecular complexity index is 1090. The molecule has 5 nitrogen and oxygen atoms in total. The van der Waals surface area contributed by atoms with Gasteiger partial charge in [0.25, 0.3) is 5.91 Å². The van der Waals surface area contributed by atoms with E-state index in [0.717, 1.165) is 36.2 Å². The van der Waals surface area contributed by atoms with Crippen molar-refractivity contribution in [1.82, 2.24) is 9.97 Å². The number of amides is 1. The van der Waals surface area contributed by atoms with E-state index < -0.39 is 17.5 Å². The molecule has 4 rings (SSSR count). The molecule has 0 bridgehead atoms. The maximum absolute atomic E-state index is 14.1. The number of hydrogen-bond acceptors (Lipinski definition) is 5. The first-order chi connectivity index (χ1) is 15.4. The Morgan fingerprint density at radius 2 is 2.00 bits per heavy atom. The minimum Gasteiger partial charge on any atom is -0.327 e. The quantitative estimate of drug-likeness (QED) is 0.523. The van der Waals surface area contributed by atoms with Gasteiger partial charge in [-0.05, 0) is 54.4 Å². The van der Waals surface area contributed by atoms with Gasteiger partial charge in [0, 0.05) is 17.6 Å². The van der Waals surface area contributed by atoms with Crippen molar-refractivity contribution >= 4 is 22.9 Å². The maximum atomic E-state index is 14.1. The van der Waals surface area contributed by atoms with E-state index in [9.17, 15) is 13.6 Å². The molecule has 1 saturated carbocycles. The van der Waals surface area contributed by atoms with Crippen LogP contribution in [0.3, 0.4) is 0 Å². The maximum Gasteiger partial charge on any atom is 0.275 e. The molecule has 168 valence electrons. The molecule has 32 heavy (non-hydrogen) atoms. The van der Waals surface area contributed by atoms with Gasteiger partial charge in [-0.3, -0.25) is 9.78 Å². The second-order valence-corrected chi connectivity index (χ2v) is 9.29. The number of thiazole rings is 1. The Labute approximate surface area is 190 Å². The predicted molar refractivity (Wildman–Crippen MR) is 123 cm³/mol. The van der Waals surface area contributed by atoms with Crippen LogP contribution in [0.5, 0.6) is 0 Å². The minimum atomic E-state index is -0.714. The van der Waals surface area contributed by atoms with Crippen molar-refractivity contribution in [1.29, 1.82) is 0 Å². The first-order valence-corrected chi connectivity index (χ1v) is 11.7. The van der Waals surface area contributed by atoms with Gasteiger partial charge in [-0.15, -0.1) is 11.3 Å². The van der Waals surface area contributed by atoms with Gasteiger partial charge in [-0.25, -0.2) is 13.8 Å². The van der Waals surface area contributed by atoms with Crippen molar-refractivity contribution in [2.45, 2.75) is 45.1 Å². The average molecular weight is 457 g/mol. The largest absolute Gasteiger partial charge is 0.327 e. The third-order valence-corrected chi connectivity index (χ3v) is 7.28. The van der Waals surface area contributed by atoms with E-state index in [4.69, 9.17) is 5.73 Å². The number of halogens is 2. The van der Waals surface area contributed by atoms with Crippen molar-refractivity contribution < 1.29 is 13.6 Å². The van der Waals surface area contributed by atoms with E-state index in [2.05, 4.69) is 29.1 Å². The zero-order chi connectivity index (χ0) is 22.8. The van der Waals surface area contributed by atoms with Crippen molar-refractivity contribution in [3.8, 4) is 10.6 Å². The molecule has 8 heteroatoms. The molecule has 3 aromatic rings. The third kappa shape index (κ3) is 4.42. The number of carbonyl (C=O) groups excluding carboxylic acids is 1. The lowest BCUT2D eigenvalue weighted by molar-refractivity contribution is 0.102. The summed E-state index contributed by atoms with van der Waals surface area (Å²) in [5.41, 5.74) is 7.95. The highest BCUT2D eigenvalue weighted by molar-refractivity contribution is 7.13. The number of hydrogen-bond donors (Lipinski definition) is 2. The molecule has 1 fully saturated rings. The second-order valence-electron chi connectivity index (χ2n) is 8.43. The van der Waals surface area contributed by atoms with E-state index in [0.29, 0.717) is 17.5 Å². The molecule has 0 aliphatic heterocycles. The third-order valence-electron chi connectivity index (χ3n) is 6.42. The lowest BCUT2D eigenvalue weighted by atomic mass is 9.69. The van der Waals surface area contributed by atoms with E-state index in [1.165, 1.54) is 23.6 Å². The zero-order valence-corrected chi connectivity index (χ0v) is 18.8. The second kappa shape index (κ2) is 9.42. The van der Waals surface area contributed by atoms with Crippen LogP contribution < -0.4 is 11.1 Å². The summed E-state index contributed by atoms with van der Waals surface area (Å²) in [6.45, 7) is 4.41. The summed E-state index contributed by atoms with van der Waals surface area (Å²) in [6, 6.07) is 5.66. The van der Waals surface area contributed by atoms with Crippen molar-refractivity contribution in [2.75, 3.05) is 5.32 Å². The fraction of sp³-hybridized carbons (Fsp3) is 0.375. The fourth-order valence-electron chi connectivity index (χ4n) is 4.85. The van der Waals surface area contributed by atoms with Crippen LogP contribution in [-0.4, -0.2) is 21.9 Å². The molecule has 3 N–H and O–H groups in total. The van der Waals surface area contributed by atoms with Crippen molar-refractivity contribution in [2.24, 2.45) is 17.6 Å². The monoisotopic (exact) mass is 456 g/mol. The van der Waals surface area contributed by atoms with Crippen LogP contribution in [0.1, 0.15) is 55.1 Å². The summed E-state index contributed by atoms with van der Waals surface area (Å²) in [5, 5.41) is 4.50. The van der Waals surface area contributed by atoms with E-state index in [1.807, 2.05) is 6.07 Å². The van der Waals surface area contributed by atoms with Crippen molar-refractivity contribution in [3.05, 3.63) is 64.9 Å². The summed E-state index contributed by atoms with van der Waals surface area (Å²) in [7, 11) is 0. The molecule has 4 atom stereocenters. The summed E-state index contributed by atoms with van der Waals surface area (Å²) in [6.07, 6.45) is 6.24. The Morgan fingerprint density at radius 3 is 2.69 bits per heavy atom. The SMILES string of the molecule is CCC1C(C)CC(c2ccncc2NC(=O)c2csc(-c3c(F)cccc3F)n2)CC1N. The molecule has 1 amide bonds. The summed E-state index contributed by atoms with van der Waals surface area (Å²) >= 11 is 1.02. The number of aromatic nitrogens is 2. The van der Waals surface area contributed by atoms with Crippen LogP contribution in [0, 0.1) is 23.5 Å². The lowest BCUT2D eigenvalue weighted by Crippen LogP contribution is -2.40. The standard InChI is InChI=1S/C24H26F2N4OS/c1-3-15-13(2)9-14(10-19(15)27)16-7-8-28-11-20(16)29-23(31)21-12-32-24(30-21)22-17(25)5-4-6-18(22)26/h4-8,11-15,19H,3,9-10,27H2,1-2H3,(H,29,31). The summed E-state index contributed by atoms with van der Waals surface area (Å²) in [5.74, 6) is -0.666. The number of rotatable bonds is 5. The topological polar surface area (TPSA) is 80.9 Å². The normalized spacial score (nSPS) is 23.2. The smallest absolute Gasteiger partial charge is 0.275 e. The van der Waals surface area contributed by atoms with Gasteiger partial charge >= 0.3 is 0 Å². The number of carbonyl (C=O) groups is 1. The summed E-state index contributed by atoms with van der Waals surface area (Å²) in [4.78, 5) is 21.2. The first-order valence-electron chi connectivity index (χ1n) is 10.8. The molecular formula is C24H26F2N4OS. The van der Waals surface area contributed by atoms with Gasteiger partial charge in [-0.2, -0.15) is 0 Å². The molecule has 2 heterocycles. The minimum absolute atomic E-state index is 0.0993. The number of pyridine rings is 1. The molecule has 1 aliphatic rings. The molecule has 1 aliphatic carbocycles. The van der Waals surface area contributed by atoms with Gasteiger partial charge in [0.1, 0.15) is 22.3 Å². The number of nitrogens with two attached hydrogens (primary N) is 1. The van der Waals surface area contributed by atoms with Gasteiger partial charge in [0.2, 0.25) is 0 Å². The van der Waals surface area contributed by atoms with Gasteiger partial charge < -0.3 is 11.1 Å². The molecule has 2 aromatic heterocycles. The van der Waals surface area contributed by atoms with Crippen LogP contribution in [0.25, 0.3) is 10.6 Å². The van der Waals surface area contributed by atoms with E-state index in [-0.39, 0.29) is 28.2 Å². The van der Waals surface area contributed by atoms with Gasteiger partial charge in [0.15, 0.2) is 0 Å². The van der Waals surface area contributed by atoms with Gasteiger partial charge in [-0.1, -0.05) is 26.3 Å². The molecule has 0 saturated heterocycles. The fourth-order valence-corrected chi connectivity index (χ4v) is 5.70. The zero-order valence-electron chi connectivity index (χ0n) is 18.0. The molecule has 1 aromatic carbocycles. The number of nitrogens with zero attached hydrogens (tertiary/aromatic N) is 2. The van der Waals surface area contributed by atoms with Crippen LogP contribution in [0.4, 0.5) is 14.5 Å². The highest BCUT2D eigenvalue weighted by Crippen LogP contribution is 2.42. The predicted octanol–water partition coefficient (Wildman–Crippen LogP) is 5.60. The first kappa shape index (κ1) is 22.5. The molecule has 4 unspecified atom stereocenters. The highest BCUT2D eigenvalue weighted by Gasteiger charge is 2.34. The van der Waals surface area contributed by atoms with Crippen LogP contribution in [0.15, 0.2) is 42.0 Å². The average Bonchev–Trinajstić information content (AvgIpc) is 3.24.